The Labute approximate surface area is 219 Å². The van der Waals surface area contributed by atoms with Crippen molar-refractivity contribution < 1.29 is 23.7 Å². The minimum absolute atomic E-state index is 0.127. The second-order valence-corrected chi connectivity index (χ2v) is 10.2. The average molecular weight is 524 g/mol. The molecule has 1 saturated heterocycles. The summed E-state index contributed by atoms with van der Waals surface area (Å²) in [5, 5.41) is 18.1. The Morgan fingerprint density at radius 1 is 1.24 bits per heavy atom. The molecule has 3 aromatic rings. The number of aromatic nitrogens is 5. The van der Waals surface area contributed by atoms with Gasteiger partial charge in [0.15, 0.2) is 16.8 Å². The number of hydrogen-bond donors (Lipinski definition) is 2. The summed E-state index contributed by atoms with van der Waals surface area (Å²) in [6, 6.07) is 3.26. The zero-order chi connectivity index (χ0) is 26.7. The maximum Gasteiger partial charge on any atom is 0.322 e. The van der Waals surface area contributed by atoms with E-state index in [1.54, 1.807) is 24.4 Å². The first-order valence-electron chi connectivity index (χ1n) is 13.3. The van der Waals surface area contributed by atoms with Gasteiger partial charge < -0.3 is 15.4 Å². The molecule has 1 saturated carbocycles. The van der Waals surface area contributed by atoms with Gasteiger partial charge in [-0.25, -0.2) is 14.1 Å². The first-order valence-corrected chi connectivity index (χ1v) is 13.3. The molecule has 1 aliphatic carbocycles. The van der Waals surface area contributed by atoms with Crippen molar-refractivity contribution in [2.24, 2.45) is 11.3 Å². The maximum atomic E-state index is 13.1. The average Bonchev–Trinajstić information content (AvgIpc) is 3.56. The van der Waals surface area contributed by atoms with Crippen molar-refractivity contribution in [2.75, 3.05) is 13.2 Å². The van der Waals surface area contributed by atoms with E-state index in [0.29, 0.717) is 35.7 Å². The number of nitrogens with zero attached hydrogens (tertiary/aromatic N) is 5. The molecule has 0 bridgehead atoms. The van der Waals surface area contributed by atoms with Gasteiger partial charge in [-0.2, -0.15) is 5.10 Å². The Morgan fingerprint density at radius 3 is 2.68 bits per heavy atom. The summed E-state index contributed by atoms with van der Waals surface area (Å²) in [5.41, 5.74) is 1.17. The van der Waals surface area contributed by atoms with Crippen LogP contribution in [0.15, 0.2) is 23.0 Å². The van der Waals surface area contributed by atoms with Gasteiger partial charge in [-0.3, -0.25) is 14.4 Å². The minimum atomic E-state index is -1.29. The highest BCUT2D eigenvalue weighted by Gasteiger charge is 2.50. The Kier molecular flexibility index (Phi) is 7.39. The van der Waals surface area contributed by atoms with Gasteiger partial charge in [0.05, 0.1) is 30.2 Å². The van der Waals surface area contributed by atoms with Crippen LogP contribution < -0.4 is 10.6 Å². The molecule has 38 heavy (non-hydrogen) atoms. The molecule has 202 valence electrons. The number of fused-ring (bicyclic) bond motifs is 1. The smallest absolute Gasteiger partial charge is 0.322 e. The fourth-order valence-corrected chi connectivity index (χ4v) is 5.59. The molecule has 0 spiro atoms. The van der Waals surface area contributed by atoms with Crippen LogP contribution in [0.2, 0.25) is 0 Å². The van der Waals surface area contributed by atoms with Crippen molar-refractivity contribution in [3.05, 3.63) is 41.1 Å². The Hall–Kier alpha value is -3.83. The summed E-state index contributed by atoms with van der Waals surface area (Å²) in [6.45, 7) is 4.01. The highest BCUT2D eigenvalue weighted by atomic mass is 16.6. The van der Waals surface area contributed by atoms with Crippen molar-refractivity contribution in [3.8, 4) is 0 Å². The Morgan fingerprint density at radius 2 is 2.03 bits per heavy atom. The van der Waals surface area contributed by atoms with E-state index >= 15 is 0 Å². The van der Waals surface area contributed by atoms with E-state index in [1.807, 2.05) is 12.3 Å². The molecule has 0 radical (unpaired) electrons. The predicted molar refractivity (Wildman–Crippen MR) is 134 cm³/mol. The van der Waals surface area contributed by atoms with Gasteiger partial charge in [-0.1, -0.05) is 30.8 Å². The number of aryl methyl sites for hydroxylation is 1. The van der Waals surface area contributed by atoms with E-state index in [1.165, 1.54) is 12.8 Å². The van der Waals surface area contributed by atoms with Gasteiger partial charge in [0.1, 0.15) is 5.69 Å². The summed E-state index contributed by atoms with van der Waals surface area (Å²) in [6.07, 6.45) is 8.78. The zero-order valence-corrected chi connectivity index (χ0v) is 21.7. The molecule has 2 aliphatic rings. The first-order chi connectivity index (χ1) is 18.4. The van der Waals surface area contributed by atoms with Crippen molar-refractivity contribution in [1.82, 2.24) is 35.5 Å². The second kappa shape index (κ2) is 10.9. The standard InChI is InChI=1S/C26H33N7O5/c1-3-37-25(36)26(12-13-27-24(26)35)14-18-10-11-20-28-19(15-33(20)30-18)22(17-8-6-4-5-7-9-17)29-23(34)21-16(2)31-38-32-21/h10-11,15,17,22H,3-9,12-14H2,1-2H3,(H,27,35)(H,29,34). The maximum absolute atomic E-state index is 13.1. The van der Waals surface area contributed by atoms with Crippen LogP contribution >= 0.6 is 0 Å². The molecule has 2 fully saturated rings. The van der Waals surface area contributed by atoms with Crippen LogP contribution in [0.3, 0.4) is 0 Å². The van der Waals surface area contributed by atoms with Gasteiger partial charge in [-0.15, -0.1) is 0 Å². The Bertz CT molecular complexity index is 1330. The van der Waals surface area contributed by atoms with Gasteiger partial charge in [-0.05, 0) is 56.3 Å². The van der Waals surface area contributed by atoms with Crippen molar-refractivity contribution in [1.29, 1.82) is 0 Å². The van der Waals surface area contributed by atoms with Crippen LogP contribution in [0.5, 0.6) is 0 Å². The van der Waals surface area contributed by atoms with Gasteiger partial charge in [0.25, 0.3) is 5.91 Å². The molecule has 3 aromatic heterocycles. The van der Waals surface area contributed by atoms with Gasteiger partial charge >= 0.3 is 5.97 Å². The number of esters is 1. The molecular formula is C26H33N7O5. The molecule has 12 nitrogen and oxygen atoms in total. The van der Waals surface area contributed by atoms with E-state index in [9.17, 15) is 14.4 Å². The number of carbonyl (C=O) groups is 3. The SMILES string of the molecule is CCOC(=O)C1(Cc2ccc3nc(C(NC(=O)c4nonc4C)C4CCCCCC4)cn3n2)CCNC1=O. The second-order valence-electron chi connectivity index (χ2n) is 10.2. The first kappa shape index (κ1) is 25.8. The van der Waals surface area contributed by atoms with Crippen LogP contribution in [-0.2, 0) is 20.7 Å². The summed E-state index contributed by atoms with van der Waals surface area (Å²) in [4.78, 5) is 43.3. The molecule has 4 heterocycles. The minimum Gasteiger partial charge on any atom is -0.465 e. The van der Waals surface area contributed by atoms with Crippen LogP contribution in [-0.4, -0.2) is 55.8 Å². The number of ether oxygens (including phenoxy) is 1. The summed E-state index contributed by atoms with van der Waals surface area (Å²) in [7, 11) is 0. The number of carbonyl (C=O) groups excluding carboxylic acids is 3. The monoisotopic (exact) mass is 523 g/mol. The van der Waals surface area contributed by atoms with Crippen molar-refractivity contribution in [2.45, 2.75) is 71.3 Å². The van der Waals surface area contributed by atoms with E-state index in [2.05, 4.69) is 26.0 Å². The molecule has 0 aromatic carbocycles. The summed E-state index contributed by atoms with van der Waals surface area (Å²) >= 11 is 0. The lowest BCUT2D eigenvalue weighted by atomic mass is 9.81. The number of amides is 2. The number of imidazole rings is 1. The highest BCUT2D eigenvalue weighted by molar-refractivity contribution is 6.04. The van der Waals surface area contributed by atoms with Crippen molar-refractivity contribution >= 4 is 23.4 Å². The van der Waals surface area contributed by atoms with Crippen LogP contribution in [0.1, 0.15) is 85.5 Å². The number of hydrogen-bond acceptors (Lipinski definition) is 9. The topological polar surface area (TPSA) is 154 Å². The summed E-state index contributed by atoms with van der Waals surface area (Å²) in [5.74, 6) is -1.01. The molecule has 1 aliphatic heterocycles. The molecule has 12 heteroatoms. The lowest BCUT2D eigenvalue weighted by molar-refractivity contribution is -0.159. The quantitative estimate of drug-likeness (QED) is 0.257. The third kappa shape index (κ3) is 4.99. The third-order valence-electron chi connectivity index (χ3n) is 7.66. The van der Waals surface area contributed by atoms with E-state index in [0.717, 1.165) is 25.7 Å². The van der Waals surface area contributed by atoms with Crippen molar-refractivity contribution in [3.63, 3.8) is 0 Å². The third-order valence-corrected chi connectivity index (χ3v) is 7.66. The molecular weight excluding hydrogens is 490 g/mol. The molecule has 2 N–H and O–H groups in total. The zero-order valence-electron chi connectivity index (χ0n) is 21.7. The van der Waals surface area contributed by atoms with Crippen LogP contribution in [0.25, 0.3) is 5.65 Å². The number of rotatable bonds is 8. The molecule has 2 amide bonds. The molecule has 5 rings (SSSR count). The Balaban J connectivity index is 1.45. The highest BCUT2D eigenvalue weighted by Crippen LogP contribution is 2.35. The van der Waals surface area contributed by atoms with E-state index < -0.39 is 11.4 Å². The van der Waals surface area contributed by atoms with Gasteiger partial charge in [0.2, 0.25) is 5.91 Å². The normalized spacial score (nSPS) is 21.2. The number of nitrogens with one attached hydrogen (secondary N) is 2. The largest absolute Gasteiger partial charge is 0.465 e. The fraction of sp³-hybridized carbons (Fsp3) is 0.577. The van der Waals surface area contributed by atoms with Crippen LogP contribution in [0.4, 0.5) is 0 Å². The molecule has 2 unspecified atom stereocenters. The predicted octanol–water partition coefficient (Wildman–Crippen LogP) is 2.47. The van der Waals surface area contributed by atoms with E-state index in [4.69, 9.17) is 14.3 Å². The van der Waals surface area contributed by atoms with Gasteiger partial charge in [0, 0.05) is 13.0 Å². The fourth-order valence-electron chi connectivity index (χ4n) is 5.59. The van der Waals surface area contributed by atoms with Crippen LogP contribution in [0, 0.1) is 18.3 Å². The lowest BCUT2D eigenvalue weighted by Gasteiger charge is -2.25. The van der Waals surface area contributed by atoms with E-state index in [-0.39, 0.29) is 42.5 Å². The molecule has 2 atom stereocenters. The summed E-state index contributed by atoms with van der Waals surface area (Å²) < 4.78 is 11.6. The lowest BCUT2D eigenvalue weighted by Crippen LogP contribution is -2.42.